The molecule has 0 aromatic heterocycles. The van der Waals surface area contributed by atoms with Crippen molar-refractivity contribution in [2.45, 2.75) is 17.6 Å². The first-order valence-corrected chi connectivity index (χ1v) is 10.8. The van der Waals surface area contributed by atoms with E-state index < -0.39 is 9.84 Å². The van der Waals surface area contributed by atoms with Gasteiger partial charge in [-0.15, -0.1) is 0 Å². The summed E-state index contributed by atoms with van der Waals surface area (Å²) in [6, 6.07) is 13.1. The van der Waals surface area contributed by atoms with Gasteiger partial charge in [0.25, 0.3) is 0 Å². The molecule has 2 aromatic rings. The molecule has 0 bridgehead atoms. The second-order valence-corrected chi connectivity index (χ2v) is 8.38. The fourth-order valence-electron chi connectivity index (χ4n) is 2.19. The van der Waals surface area contributed by atoms with Gasteiger partial charge in [-0.1, -0.05) is 47.4 Å². The predicted molar refractivity (Wildman–Crippen MR) is 107 cm³/mol. The van der Waals surface area contributed by atoms with Gasteiger partial charge in [0.1, 0.15) is 12.4 Å². The Bertz CT molecular complexity index is 874. The molecule has 0 heterocycles. The summed E-state index contributed by atoms with van der Waals surface area (Å²) in [5, 5.41) is 0. The summed E-state index contributed by atoms with van der Waals surface area (Å²) in [6.07, 6.45) is 0. The molecular weight excluding hydrogens is 451 g/mol. The van der Waals surface area contributed by atoms with Gasteiger partial charge in [-0.2, -0.15) is 0 Å². The fraction of sp³-hybridized carbons (Fsp3) is 0.211. The van der Waals surface area contributed by atoms with E-state index in [0.717, 1.165) is 10.0 Å². The molecule has 0 aliphatic heterocycles. The molecule has 0 saturated heterocycles. The average Bonchev–Trinajstić information content (AvgIpc) is 2.60. The van der Waals surface area contributed by atoms with Crippen molar-refractivity contribution in [3.8, 4) is 5.75 Å². The SMILES string of the molecule is C=C(CI)COc1ccc(C(C)=O)cc1CS(=O)(=O)c1ccccc1. The number of carbonyl (C=O) groups is 1. The molecule has 0 radical (unpaired) electrons. The molecule has 0 saturated carbocycles. The van der Waals surface area contributed by atoms with Crippen LogP contribution in [0.4, 0.5) is 0 Å². The van der Waals surface area contributed by atoms with Gasteiger partial charge in [0.05, 0.1) is 10.6 Å². The summed E-state index contributed by atoms with van der Waals surface area (Å²) in [5.41, 5.74) is 1.82. The third kappa shape index (κ3) is 5.40. The number of benzene rings is 2. The molecule has 4 nitrogen and oxygen atoms in total. The minimum atomic E-state index is -3.54. The molecule has 0 unspecified atom stereocenters. The summed E-state index contributed by atoms with van der Waals surface area (Å²) in [4.78, 5) is 11.9. The van der Waals surface area contributed by atoms with Crippen molar-refractivity contribution >= 4 is 38.2 Å². The van der Waals surface area contributed by atoms with Crippen LogP contribution in [0.3, 0.4) is 0 Å². The fourth-order valence-corrected chi connectivity index (χ4v) is 3.78. The molecule has 0 aliphatic rings. The van der Waals surface area contributed by atoms with Gasteiger partial charge >= 0.3 is 0 Å². The van der Waals surface area contributed by atoms with E-state index in [4.69, 9.17) is 4.74 Å². The highest BCUT2D eigenvalue weighted by atomic mass is 127. The number of ketones is 1. The molecule has 0 amide bonds. The topological polar surface area (TPSA) is 60.4 Å². The quantitative estimate of drug-likeness (QED) is 0.251. The lowest BCUT2D eigenvalue weighted by molar-refractivity contribution is 0.101. The third-order valence-corrected chi connectivity index (χ3v) is 6.30. The third-order valence-electron chi connectivity index (χ3n) is 3.54. The van der Waals surface area contributed by atoms with Crippen molar-refractivity contribution < 1.29 is 17.9 Å². The molecule has 0 aliphatic carbocycles. The monoisotopic (exact) mass is 470 g/mol. The molecule has 132 valence electrons. The number of ether oxygens (including phenoxy) is 1. The number of hydrogen-bond donors (Lipinski definition) is 0. The zero-order valence-corrected chi connectivity index (χ0v) is 16.8. The summed E-state index contributed by atoms with van der Waals surface area (Å²) in [5.74, 6) is 0.0987. The lowest BCUT2D eigenvalue weighted by atomic mass is 10.1. The van der Waals surface area contributed by atoms with Gasteiger partial charge in [0.15, 0.2) is 15.6 Å². The number of sulfone groups is 1. The lowest BCUT2D eigenvalue weighted by Crippen LogP contribution is -2.09. The Morgan fingerprint density at radius 2 is 1.84 bits per heavy atom. The molecule has 0 N–H and O–H groups in total. The normalized spacial score (nSPS) is 11.1. The van der Waals surface area contributed by atoms with E-state index >= 15 is 0 Å². The second kappa shape index (κ2) is 8.62. The van der Waals surface area contributed by atoms with Crippen molar-refractivity contribution in [2.75, 3.05) is 11.0 Å². The lowest BCUT2D eigenvalue weighted by Gasteiger charge is -2.14. The summed E-state index contributed by atoms with van der Waals surface area (Å²) in [7, 11) is -3.54. The Kier molecular flexibility index (Phi) is 6.78. The van der Waals surface area contributed by atoms with E-state index in [1.54, 1.807) is 48.5 Å². The number of hydrogen-bond acceptors (Lipinski definition) is 4. The number of carbonyl (C=O) groups excluding carboxylic acids is 1. The van der Waals surface area contributed by atoms with Gasteiger partial charge in [-0.3, -0.25) is 4.79 Å². The minimum absolute atomic E-state index is 0.124. The number of rotatable bonds is 8. The van der Waals surface area contributed by atoms with E-state index in [1.807, 2.05) is 0 Å². The van der Waals surface area contributed by atoms with Crippen molar-refractivity contribution in [3.63, 3.8) is 0 Å². The van der Waals surface area contributed by atoms with Crippen molar-refractivity contribution in [1.29, 1.82) is 0 Å². The van der Waals surface area contributed by atoms with Crippen molar-refractivity contribution in [1.82, 2.24) is 0 Å². The molecule has 25 heavy (non-hydrogen) atoms. The molecule has 0 fully saturated rings. The van der Waals surface area contributed by atoms with E-state index in [0.29, 0.717) is 23.5 Å². The molecule has 0 atom stereocenters. The van der Waals surface area contributed by atoms with Crippen LogP contribution in [0.5, 0.6) is 5.75 Å². The van der Waals surface area contributed by atoms with Crippen LogP contribution >= 0.6 is 22.6 Å². The first-order valence-electron chi connectivity index (χ1n) is 7.60. The van der Waals surface area contributed by atoms with Gasteiger partial charge in [0, 0.05) is 15.6 Å². The average molecular weight is 470 g/mol. The summed E-state index contributed by atoms with van der Waals surface area (Å²) < 4.78 is 31.8. The van der Waals surface area contributed by atoms with Crippen LogP contribution in [0.15, 0.2) is 65.6 Å². The Labute approximate surface area is 162 Å². The van der Waals surface area contributed by atoms with E-state index in [-0.39, 0.29) is 16.4 Å². The summed E-state index contributed by atoms with van der Waals surface area (Å²) in [6.45, 7) is 5.63. The number of Topliss-reactive ketones (excluding diaryl/α,β-unsaturated/α-hetero) is 1. The maximum atomic E-state index is 12.7. The zero-order chi connectivity index (χ0) is 18.4. The maximum Gasteiger partial charge on any atom is 0.182 e. The Hall–Kier alpha value is -1.67. The molecule has 0 spiro atoms. The zero-order valence-electron chi connectivity index (χ0n) is 13.9. The van der Waals surface area contributed by atoms with Crippen LogP contribution in [0.1, 0.15) is 22.8 Å². The first kappa shape index (κ1) is 19.7. The maximum absolute atomic E-state index is 12.7. The van der Waals surface area contributed by atoms with Crippen LogP contribution in [0, 0.1) is 0 Å². The van der Waals surface area contributed by atoms with Gasteiger partial charge in [0.2, 0.25) is 0 Å². The van der Waals surface area contributed by atoms with Gasteiger partial charge < -0.3 is 4.74 Å². The second-order valence-electron chi connectivity index (χ2n) is 5.62. The van der Waals surface area contributed by atoms with Crippen LogP contribution in [-0.4, -0.2) is 25.2 Å². The minimum Gasteiger partial charge on any atom is -0.489 e. The van der Waals surface area contributed by atoms with Crippen LogP contribution < -0.4 is 4.74 Å². The highest BCUT2D eigenvalue weighted by molar-refractivity contribution is 14.1. The van der Waals surface area contributed by atoms with Gasteiger partial charge in [-0.05, 0) is 42.8 Å². The highest BCUT2D eigenvalue weighted by Gasteiger charge is 2.19. The van der Waals surface area contributed by atoms with Crippen LogP contribution in [0.25, 0.3) is 0 Å². The van der Waals surface area contributed by atoms with Crippen LogP contribution in [0.2, 0.25) is 0 Å². The smallest absolute Gasteiger partial charge is 0.182 e. The van der Waals surface area contributed by atoms with Gasteiger partial charge in [-0.25, -0.2) is 8.42 Å². The highest BCUT2D eigenvalue weighted by Crippen LogP contribution is 2.26. The van der Waals surface area contributed by atoms with Crippen molar-refractivity contribution in [3.05, 3.63) is 71.8 Å². The molecule has 6 heteroatoms. The summed E-state index contributed by atoms with van der Waals surface area (Å²) >= 11 is 2.19. The van der Waals surface area contributed by atoms with E-state index in [2.05, 4.69) is 29.2 Å². The van der Waals surface area contributed by atoms with Crippen LogP contribution in [-0.2, 0) is 15.6 Å². The van der Waals surface area contributed by atoms with Crippen molar-refractivity contribution in [2.24, 2.45) is 0 Å². The number of alkyl halides is 1. The molecule has 2 rings (SSSR count). The number of halogens is 1. The standard InChI is InChI=1S/C19H19IO4S/c1-14(11-20)12-24-19-9-8-16(15(2)21)10-17(19)13-25(22,23)18-6-4-3-5-7-18/h3-10H,1,11-13H2,2H3. The first-order chi connectivity index (χ1) is 11.8. The Morgan fingerprint density at radius 3 is 2.44 bits per heavy atom. The predicted octanol–water partition coefficient (Wildman–Crippen LogP) is 4.23. The van der Waals surface area contributed by atoms with E-state index in [1.165, 1.54) is 6.92 Å². The largest absolute Gasteiger partial charge is 0.489 e. The van der Waals surface area contributed by atoms with E-state index in [9.17, 15) is 13.2 Å². The molecule has 2 aromatic carbocycles. The molecular formula is C19H19IO4S. The Balaban J connectivity index is 2.37. The Morgan fingerprint density at radius 1 is 1.16 bits per heavy atom.